The molecular weight excluding hydrogens is 177 g/mol. The van der Waals surface area contributed by atoms with Crippen molar-refractivity contribution >= 4 is 0 Å². The molecule has 0 amide bonds. The van der Waals surface area contributed by atoms with Crippen molar-refractivity contribution < 1.29 is 4.39 Å². The molecule has 0 aliphatic carbocycles. The Kier molecular flexibility index (Phi) is 2.55. The van der Waals surface area contributed by atoms with E-state index < -0.39 is 0 Å². The minimum atomic E-state index is -0.0392. The highest BCUT2D eigenvalue weighted by atomic mass is 19.1. The Balaban J connectivity index is 2.26. The number of nitrogens with one attached hydrogen (secondary N) is 1. The van der Waals surface area contributed by atoms with Crippen molar-refractivity contribution in [1.82, 2.24) is 5.32 Å². The lowest BCUT2D eigenvalue weighted by atomic mass is 9.91. The van der Waals surface area contributed by atoms with Crippen LogP contribution in [0, 0.1) is 5.82 Å². The van der Waals surface area contributed by atoms with E-state index in [0.29, 0.717) is 11.8 Å². The summed E-state index contributed by atoms with van der Waals surface area (Å²) >= 11 is 0. The van der Waals surface area contributed by atoms with Crippen LogP contribution in [0.15, 0.2) is 18.2 Å². The number of benzene rings is 1. The predicted molar refractivity (Wildman–Crippen MR) is 56.1 cm³/mol. The van der Waals surface area contributed by atoms with Crippen molar-refractivity contribution in [2.75, 3.05) is 13.1 Å². The van der Waals surface area contributed by atoms with Gasteiger partial charge in [0, 0.05) is 19.0 Å². The third-order valence-electron chi connectivity index (χ3n) is 2.91. The lowest BCUT2D eigenvalue weighted by molar-refractivity contribution is 0.430. The van der Waals surface area contributed by atoms with Gasteiger partial charge >= 0.3 is 0 Å². The van der Waals surface area contributed by atoms with Gasteiger partial charge in [0.1, 0.15) is 5.82 Å². The molecule has 2 rings (SSSR count). The SMILES string of the molecule is CC(C)c1ccc(C2CNC2)c(F)c1. The molecule has 1 aliphatic heterocycles. The minimum Gasteiger partial charge on any atom is -0.315 e. The molecule has 1 fully saturated rings. The van der Waals surface area contributed by atoms with E-state index in [1.807, 2.05) is 12.1 Å². The summed E-state index contributed by atoms with van der Waals surface area (Å²) in [5, 5.41) is 3.16. The van der Waals surface area contributed by atoms with Gasteiger partial charge in [0.05, 0.1) is 0 Å². The molecule has 14 heavy (non-hydrogen) atoms. The molecule has 76 valence electrons. The molecule has 2 heteroatoms. The predicted octanol–water partition coefficient (Wildman–Crippen LogP) is 2.64. The third-order valence-corrected chi connectivity index (χ3v) is 2.91. The van der Waals surface area contributed by atoms with Gasteiger partial charge in [-0.05, 0) is 23.1 Å². The van der Waals surface area contributed by atoms with Gasteiger partial charge in [0.15, 0.2) is 0 Å². The van der Waals surface area contributed by atoms with E-state index in [2.05, 4.69) is 19.2 Å². The average Bonchev–Trinajstić information content (AvgIpc) is 2.04. The van der Waals surface area contributed by atoms with Gasteiger partial charge in [-0.25, -0.2) is 4.39 Å². The first-order valence-corrected chi connectivity index (χ1v) is 5.18. The Bertz CT molecular complexity index is 329. The molecule has 0 bridgehead atoms. The van der Waals surface area contributed by atoms with Crippen LogP contribution < -0.4 is 5.32 Å². The van der Waals surface area contributed by atoms with Crippen molar-refractivity contribution in [2.45, 2.75) is 25.7 Å². The van der Waals surface area contributed by atoms with Crippen molar-refractivity contribution in [3.8, 4) is 0 Å². The molecule has 1 N–H and O–H groups in total. The molecule has 1 aromatic carbocycles. The maximum atomic E-state index is 13.7. The van der Waals surface area contributed by atoms with E-state index in [1.54, 1.807) is 6.07 Å². The van der Waals surface area contributed by atoms with Crippen LogP contribution >= 0.6 is 0 Å². The zero-order valence-corrected chi connectivity index (χ0v) is 8.68. The lowest BCUT2D eigenvalue weighted by Crippen LogP contribution is -2.40. The largest absolute Gasteiger partial charge is 0.315 e. The highest BCUT2D eigenvalue weighted by molar-refractivity contribution is 5.30. The molecule has 1 aliphatic rings. The summed E-state index contributed by atoms with van der Waals surface area (Å²) in [6.45, 7) is 5.99. The van der Waals surface area contributed by atoms with Crippen LogP contribution in [-0.4, -0.2) is 13.1 Å². The van der Waals surface area contributed by atoms with Crippen molar-refractivity contribution in [3.05, 3.63) is 35.1 Å². The molecule has 0 aromatic heterocycles. The second-order valence-electron chi connectivity index (χ2n) is 4.29. The zero-order chi connectivity index (χ0) is 10.1. The fourth-order valence-corrected chi connectivity index (χ4v) is 1.74. The second-order valence-corrected chi connectivity index (χ2v) is 4.29. The molecule has 0 radical (unpaired) electrons. The molecular formula is C12H16FN. The summed E-state index contributed by atoms with van der Waals surface area (Å²) in [7, 11) is 0. The van der Waals surface area contributed by atoms with Gasteiger partial charge in [-0.2, -0.15) is 0 Å². The summed E-state index contributed by atoms with van der Waals surface area (Å²) in [6.07, 6.45) is 0. The Morgan fingerprint density at radius 3 is 2.50 bits per heavy atom. The summed E-state index contributed by atoms with van der Waals surface area (Å²) in [6, 6.07) is 5.66. The van der Waals surface area contributed by atoms with Crippen LogP contribution in [0.3, 0.4) is 0 Å². The third kappa shape index (κ3) is 1.67. The van der Waals surface area contributed by atoms with Gasteiger partial charge in [0.2, 0.25) is 0 Å². The lowest BCUT2D eigenvalue weighted by Gasteiger charge is -2.28. The van der Waals surface area contributed by atoms with Crippen molar-refractivity contribution in [2.24, 2.45) is 0 Å². The zero-order valence-electron chi connectivity index (χ0n) is 8.68. The molecule has 0 saturated carbocycles. The number of halogens is 1. The van der Waals surface area contributed by atoms with Gasteiger partial charge in [-0.3, -0.25) is 0 Å². The fourth-order valence-electron chi connectivity index (χ4n) is 1.74. The van der Waals surface area contributed by atoms with E-state index >= 15 is 0 Å². The summed E-state index contributed by atoms with van der Waals surface area (Å²) in [4.78, 5) is 0. The standard InChI is InChI=1S/C12H16FN/c1-8(2)9-3-4-11(12(13)5-9)10-6-14-7-10/h3-5,8,10,14H,6-7H2,1-2H3. The van der Waals surface area contributed by atoms with Crippen LogP contribution in [0.1, 0.15) is 36.8 Å². The molecule has 0 atom stereocenters. The normalized spacial score (nSPS) is 17.1. The fraction of sp³-hybridized carbons (Fsp3) is 0.500. The van der Waals surface area contributed by atoms with Crippen LogP contribution in [-0.2, 0) is 0 Å². The van der Waals surface area contributed by atoms with E-state index in [1.165, 1.54) is 0 Å². The highest BCUT2D eigenvalue weighted by Gasteiger charge is 2.22. The Hall–Kier alpha value is -0.890. The second kappa shape index (κ2) is 3.70. The van der Waals surface area contributed by atoms with E-state index in [4.69, 9.17) is 0 Å². The first kappa shape index (κ1) is 9.66. The van der Waals surface area contributed by atoms with Crippen molar-refractivity contribution in [1.29, 1.82) is 0 Å². The summed E-state index contributed by atoms with van der Waals surface area (Å²) in [5.41, 5.74) is 1.95. The maximum absolute atomic E-state index is 13.7. The first-order chi connectivity index (χ1) is 6.68. The molecule has 1 aromatic rings. The topological polar surface area (TPSA) is 12.0 Å². The van der Waals surface area contributed by atoms with Gasteiger partial charge in [-0.15, -0.1) is 0 Å². The summed E-state index contributed by atoms with van der Waals surface area (Å²) in [5.74, 6) is 0.747. The van der Waals surface area contributed by atoms with Crippen molar-refractivity contribution in [3.63, 3.8) is 0 Å². The first-order valence-electron chi connectivity index (χ1n) is 5.18. The quantitative estimate of drug-likeness (QED) is 0.761. The number of hydrogen-bond acceptors (Lipinski definition) is 1. The Morgan fingerprint density at radius 2 is 2.07 bits per heavy atom. The molecule has 1 nitrogen and oxygen atoms in total. The molecule has 1 heterocycles. The van der Waals surface area contributed by atoms with Crippen LogP contribution in [0.4, 0.5) is 4.39 Å². The van der Waals surface area contributed by atoms with Gasteiger partial charge in [-0.1, -0.05) is 26.0 Å². The number of hydrogen-bond donors (Lipinski definition) is 1. The number of rotatable bonds is 2. The van der Waals surface area contributed by atoms with Gasteiger partial charge < -0.3 is 5.32 Å². The Labute approximate surface area is 84.3 Å². The van der Waals surface area contributed by atoms with E-state index in [-0.39, 0.29) is 5.82 Å². The van der Waals surface area contributed by atoms with E-state index in [9.17, 15) is 4.39 Å². The Morgan fingerprint density at radius 1 is 1.36 bits per heavy atom. The molecule has 1 saturated heterocycles. The van der Waals surface area contributed by atoms with Crippen LogP contribution in [0.2, 0.25) is 0 Å². The monoisotopic (exact) mass is 193 g/mol. The van der Waals surface area contributed by atoms with Crippen LogP contribution in [0.25, 0.3) is 0 Å². The summed E-state index contributed by atoms with van der Waals surface area (Å²) < 4.78 is 13.7. The van der Waals surface area contributed by atoms with E-state index in [0.717, 1.165) is 24.2 Å². The molecule has 0 unspecified atom stereocenters. The van der Waals surface area contributed by atoms with Crippen LogP contribution in [0.5, 0.6) is 0 Å². The minimum absolute atomic E-state index is 0.0392. The molecule has 0 spiro atoms. The average molecular weight is 193 g/mol. The highest BCUT2D eigenvalue weighted by Crippen LogP contribution is 2.25. The maximum Gasteiger partial charge on any atom is 0.127 e. The van der Waals surface area contributed by atoms with Gasteiger partial charge in [0.25, 0.3) is 0 Å². The smallest absolute Gasteiger partial charge is 0.127 e.